The Balaban J connectivity index is 1.34. The van der Waals surface area contributed by atoms with Crippen molar-refractivity contribution in [3.8, 4) is 0 Å². The summed E-state index contributed by atoms with van der Waals surface area (Å²) in [5.41, 5.74) is -0.767. The number of nitrogens with one attached hydrogen (secondary N) is 2. The van der Waals surface area contributed by atoms with Crippen LogP contribution in [-0.2, 0) is 20.7 Å². The summed E-state index contributed by atoms with van der Waals surface area (Å²) >= 11 is 0. The van der Waals surface area contributed by atoms with Gasteiger partial charge in [-0.1, -0.05) is 0 Å². The molecule has 0 aliphatic carbocycles. The molecule has 4 rings (SSSR count). The van der Waals surface area contributed by atoms with E-state index in [1.807, 2.05) is 4.90 Å². The SMILES string of the molecule is O=C(Cc1c[nH]c(=O)[nH]c1=O)N1CCC2(CCC(=O)N(C[C@@H]3CCCO3)C2)CC1. The zero-order valence-electron chi connectivity index (χ0n) is 16.6. The third-order valence-corrected chi connectivity index (χ3v) is 6.61. The molecule has 2 N–H and O–H groups in total. The number of H-pyrrole nitrogens is 2. The normalized spacial score (nSPS) is 24.3. The van der Waals surface area contributed by atoms with Gasteiger partial charge >= 0.3 is 5.69 Å². The van der Waals surface area contributed by atoms with Crippen LogP contribution < -0.4 is 11.2 Å². The number of aromatic nitrogens is 2. The minimum atomic E-state index is -0.578. The predicted molar refractivity (Wildman–Crippen MR) is 104 cm³/mol. The van der Waals surface area contributed by atoms with Crippen LogP contribution in [-0.4, -0.2) is 70.5 Å². The zero-order valence-corrected chi connectivity index (χ0v) is 16.6. The quantitative estimate of drug-likeness (QED) is 0.734. The van der Waals surface area contributed by atoms with Crippen molar-refractivity contribution in [2.24, 2.45) is 5.41 Å². The summed E-state index contributed by atoms with van der Waals surface area (Å²) in [6.07, 6.45) is 6.67. The third-order valence-electron chi connectivity index (χ3n) is 6.61. The summed E-state index contributed by atoms with van der Waals surface area (Å²) in [7, 11) is 0. The first-order chi connectivity index (χ1) is 13.9. The molecule has 0 saturated carbocycles. The first-order valence-electron chi connectivity index (χ1n) is 10.4. The number of nitrogens with zero attached hydrogens (tertiary/aromatic N) is 2. The highest BCUT2D eigenvalue weighted by Gasteiger charge is 2.42. The number of hydrogen-bond donors (Lipinski definition) is 2. The minimum Gasteiger partial charge on any atom is -0.376 e. The van der Waals surface area contributed by atoms with Crippen LogP contribution >= 0.6 is 0 Å². The van der Waals surface area contributed by atoms with Gasteiger partial charge in [-0.15, -0.1) is 0 Å². The monoisotopic (exact) mass is 404 g/mol. The smallest absolute Gasteiger partial charge is 0.325 e. The second-order valence-corrected chi connectivity index (χ2v) is 8.56. The minimum absolute atomic E-state index is 0.0251. The largest absolute Gasteiger partial charge is 0.376 e. The number of hydrogen-bond acceptors (Lipinski definition) is 5. The molecule has 0 radical (unpaired) electrons. The molecule has 9 nitrogen and oxygen atoms in total. The Morgan fingerprint density at radius 3 is 2.69 bits per heavy atom. The molecule has 1 aromatic heterocycles. The molecule has 1 aromatic rings. The number of piperidine rings is 2. The van der Waals surface area contributed by atoms with Gasteiger partial charge < -0.3 is 19.5 Å². The Morgan fingerprint density at radius 1 is 1.21 bits per heavy atom. The zero-order chi connectivity index (χ0) is 20.4. The Morgan fingerprint density at radius 2 is 2.00 bits per heavy atom. The first kappa shape index (κ1) is 19.9. The summed E-state index contributed by atoms with van der Waals surface area (Å²) < 4.78 is 5.70. The van der Waals surface area contributed by atoms with E-state index in [1.165, 1.54) is 6.20 Å². The maximum absolute atomic E-state index is 12.6. The lowest BCUT2D eigenvalue weighted by Crippen LogP contribution is -2.53. The lowest BCUT2D eigenvalue weighted by Gasteiger charge is -2.47. The van der Waals surface area contributed by atoms with E-state index >= 15 is 0 Å². The number of carbonyl (C=O) groups is 2. The van der Waals surface area contributed by atoms with E-state index in [-0.39, 0.29) is 35.3 Å². The van der Waals surface area contributed by atoms with Crippen LogP contribution in [0.25, 0.3) is 0 Å². The van der Waals surface area contributed by atoms with E-state index in [1.54, 1.807) is 4.90 Å². The summed E-state index contributed by atoms with van der Waals surface area (Å²) in [6.45, 7) is 3.46. The van der Waals surface area contributed by atoms with Crippen LogP contribution in [0.15, 0.2) is 15.8 Å². The maximum Gasteiger partial charge on any atom is 0.325 e. The van der Waals surface area contributed by atoms with Gasteiger partial charge in [0.2, 0.25) is 11.8 Å². The van der Waals surface area contributed by atoms with Crippen molar-refractivity contribution in [1.82, 2.24) is 19.8 Å². The summed E-state index contributed by atoms with van der Waals surface area (Å²) in [5.74, 6) is 0.0995. The van der Waals surface area contributed by atoms with Crippen molar-refractivity contribution in [2.45, 2.75) is 51.0 Å². The van der Waals surface area contributed by atoms with Crippen molar-refractivity contribution in [1.29, 1.82) is 0 Å². The fraction of sp³-hybridized carbons (Fsp3) is 0.700. The molecule has 0 aromatic carbocycles. The fourth-order valence-corrected chi connectivity index (χ4v) is 4.79. The van der Waals surface area contributed by atoms with Crippen molar-refractivity contribution in [3.05, 3.63) is 32.6 Å². The predicted octanol–water partition coefficient (Wildman–Crippen LogP) is 0.0159. The second-order valence-electron chi connectivity index (χ2n) is 8.56. The molecule has 158 valence electrons. The molecule has 3 saturated heterocycles. The number of rotatable bonds is 4. The van der Waals surface area contributed by atoms with Gasteiger partial charge in [-0.2, -0.15) is 0 Å². The van der Waals surface area contributed by atoms with E-state index < -0.39 is 11.2 Å². The average Bonchev–Trinajstić information content (AvgIpc) is 3.21. The number of likely N-dealkylation sites (tertiary alicyclic amines) is 2. The standard InChI is InChI=1S/C20H28N4O5/c25-16-3-4-20(13-24(16)12-15-2-1-9-29-15)5-7-23(8-6-20)17(26)10-14-11-21-19(28)22-18(14)27/h11,15H,1-10,12-13H2,(H2,21,22,27,28)/t15-/m0/s1. The summed E-state index contributed by atoms with van der Waals surface area (Å²) in [6, 6.07) is 0. The number of amides is 2. The molecule has 0 bridgehead atoms. The second kappa shape index (κ2) is 8.14. The molecule has 0 unspecified atom stereocenters. The van der Waals surface area contributed by atoms with Crippen molar-refractivity contribution >= 4 is 11.8 Å². The lowest BCUT2D eigenvalue weighted by atomic mass is 9.72. The highest BCUT2D eigenvalue weighted by Crippen LogP contribution is 2.40. The van der Waals surface area contributed by atoms with Crippen LogP contribution in [0.1, 0.15) is 44.1 Å². The Kier molecular flexibility index (Phi) is 5.58. The van der Waals surface area contributed by atoms with E-state index in [2.05, 4.69) is 9.97 Å². The van der Waals surface area contributed by atoms with Crippen LogP contribution in [0, 0.1) is 5.41 Å². The van der Waals surface area contributed by atoms with Crippen LogP contribution in [0.2, 0.25) is 0 Å². The van der Waals surface area contributed by atoms with Gasteiger partial charge in [0, 0.05) is 51.0 Å². The highest BCUT2D eigenvalue weighted by molar-refractivity contribution is 5.79. The Labute approximate surface area is 168 Å². The van der Waals surface area contributed by atoms with Gasteiger partial charge in [-0.25, -0.2) is 4.79 Å². The van der Waals surface area contributed by atoms with Gasteiger partial charge in [-0.05, 0) is 37.5 Å². The van der Waals surface area contributed by atoms with Crippen LogP contribution in [0.3, 0.4) is 0 Å². The number of carbonyl (C=O) groups excluding carboxylic acids is 2. The summed E-state index contributed by atoms with van der Waals surface area (Å²) in [5, 5.41) is 0. The van der Waals surface area contributed by atoms with Crippen LogP contribution in [0.5, 0.6) is 0 Å². The molecule has 1 atom stereocenters. The third kappa shape index (κ3) is 4.44. The molecule has 9 heteroatoms. The van der Waals surface area contributed by atoms with E-state index in [0.29, 0.717) is 26.1 Å². The molecular weight excluding hydrogens is 376 g/mol. The Hall–Kier alpha value is -2.42. The van der Waals surface area contributed by atoms with E-state index in [9.17, 15) is 19.2 Å². The average molecular weight is 404 g/mol. The van der Waals surface area contributed by atoms with Gasteiger partial charge in [0.25, 0.3) is 5.56 Å². The molecule has 3 aliphatic heterocycles. The molecular formula is C20H28N4O5. The highest BCUT2D eigenvalue weighted by atomic mass is 16.5. The van der Waals surface area contributed by atoms with Gasteiger partial charge in [0.05, 0.1) is 12.5 Å². The Bertz CT molecular complexity index is 877. The van der Waals surface area contributed by atoms with Crippen molar-refractivity contribution in [3.63, 3.8) is 0 Å². The summed E-state index contributed by atoms with van der Waals surface area (Å²) in [4.78, 5) is 56.3. The molecule has 3 fully saturated rings. The fourth-order valence-electron chi connectivity index (χ4n) is 4.79. The number of ether oxygens (including phenoxy) is 1. The maximum atomic E-state index is 12.6. The molecule has 3 aliphatic rings. The first-order valence-corrected chi connectivity index (χ1v) is 10.4. The number of aromatic amines is 2. The van der Waals surface area contributed by atoms with Crippen LogP contribution in [0.4, 0.5) is 0 Å². The van der Waals surface area contributed by atoms with Crippen molar-refractivity contribution < 1.29 is 14.3 Å². The van der Waals surface area contributed by atoms with Gasteiger partial charge in [0.1, 0.15) is 0 Å². The molecule has 1 spiro atoms. The van der Waals surface area contributed by atoms with Gasteiger partial charge in [0.15, 0.2) is 0 Å². The topological polar surface area (TPSA) is 116 Å². The molecule has 29 heavy (non-hydrogen) atoms. The van der Waals surface area contributed by atoms with E-state index in [4.69, 9.17) is 4.74 Å². The molecule has 4 heterocycles. The van der Waals surface area contributed by atoms with Crippen molar-refractivity contribution in [2.75, 3.05) is 32.8 Å². The van der Waals surface area contributed by atoms with E-state index in [0.717, 1.165) is 45.3 Å². The van der Waals surface area contributed by atoms with Gasteiger partial charge in [-0.3, -0.25) is 19.4 Å². The molecule has 2 amide bonds. The lowest BCUT2D eigenvalue weighted by molar-refractivity contribution is -0.143.